The molecule has 0 bridgehead atoms. The van der Waals surface area contributed by atoms with Gasteiger partial charge in [-0.1, -0.05) is 33.1 Å². The van der Waals surface area contributed by atoms with Crippen molar-refractivity contribution in [3.63, 3.8) is 0 Å². The molecule has 0 aliphatic carbocycles. The Morgan fingerprint density at radius 1 is 0.913 bits per heavy atom. The molecule has 0 heterocycles. The first kappa shape index (κ1) is 21.5. The maximum atomic E-state index is 11.8. The first-order valence-electron chi connectivity index (χ1n) is 8.94. The van der Waals surface area contributed by atoms with E-state index in [2.05, 4.69) is 25.7 Å². The number of carbonyl (C=O) groups excluding carboxylic acids is 2. The highest BCUT2D eigenvalue weighted by molar-refractivity contribution is 5.70. The Kier molecular flexibility index (Phi) is 14.4. The van der Waals surface area contributed by atoms with Crippen LogP contribution in [0.5, 0.6) is 0 Å². The summed E-state index contributed by atoms with van der Waals surface area (Å²) in [6.45, 7) is 6.63. The highest BCUT2D eigenvalue weighted by Gasteiger charge is 2.11. The van der Waals surface area contributed by atoms with Gasteiger partial charge in [-0.05, 0) is 32.1 Å². The van der Waals surface area contributed by atoms with Crippen molar-refractivity contribution in [2.24, 2.45) is 0 Å². The fraction of sp³-hybridized carbons (Fsp3) is 0.789. The zero-order valence-corrected chi connectivity index (χ0v) is 15.0. The quantitative estimate of drug-likeness (QED) is 0.303. The topological polar surface area (TPSA) is 52.6 Å². The van der Waals surface area contributed by atoms with Gasteiger partial charge in [-0.25, -0.2) is 0 Å². The van der Waals surface area contributed by atoms with Gasteiger partial charge < -0.3 is 9.47 Å². The molecule has 0 spiro atoms. The molecular weight excluding hydrogens is 292 g/mol. The van der Waals surface area contributed by atoms with Crippen LogP contribution in [-0.2, 0) is 19.1 Å². The Labute approximate surface area is 141 Å². The number of carbonyl (C=O) groups is 2. The van der Waals surface area contributed by atoms with E-state index in [0.29, 0.717) is 38.7 Å². The minimum absolute atomic E-state index is 0.120. The van der Waals surface area contributed by atoms with Crippen LogP contribution in [0, 0.1) is 11.8 Å². The molecule has 1 atom stereocenters. The molecule has 0 aromatic heterocycles. The third-order valence-corrected chi connectivity index (χ3v) is 3.36. The highest BCUT2D eigenvalue weighted by Crippen LogP contribution is 2.08. The molecule has 132 valence electrons. The van der Waals surface area contributed by atoms with E-state index >= 15 is 0 Å². The maximum absolute atomic E-state index is 11.8. The maximum Gasteiger partial charge on any atom is 0.306 e. The molecule has 0 saturated heterocycles. The van der Waals surface area contributed by atoms with Gasteiger partial charge in [0.1, 0.15) is 6.10 Å². The van der Waals surface area contributed by atoms with Crippen LogP contribution >= 0.6 is 0 Å². The zero-order valence-electron chi connectivity index (χ0n) is 15.0. The van der Waals surface area contributed by atoms with E-state index < -0.39 is 0 Å². The average molecular weight is 324 g/mol. The van der Waals surface area contributed by atoms with Crippen LogP contribution < -0.4 is 0 Å². The Bertz CT molecular complexity index is 379. The SMILES string of the molecule is CCCC#CCC(CC)OC(=O)CCCCC(=O)OCCCC. The molecule has 0 radical (unpaired) electrons. The molecule has 0 saturated carbocycles. The van der Waals surface area contributed by atoms with Crippen LogP contribution in [-0.4, -0.2) is 24.6 Å². The van der Waals surface area contributed by atoms with Gasteiger partial charge >= 0.3 is 11.9 Å². The monoisotopic (exact) mass is 324 g/mol. The van der Waals surface area contributed by atoms with Crippen molar-refractivity contribution in [2.75, 3.05) is 6.61 Å². The van der Waals surface area contributed by atoms with Crippen molar-refractivity contribution in [1.82, 2.24) is 0 Å². The van der Waals surface area contributed by atoms with Gasteiger partial charge in [0, 0.05) is 25.7 Å². The van der Waals surface area contributed by atoms with Crippen LogP contribution in [0.2, 0.25) is 0 Å². The smallest absolute Gasteiger partial charge is 0.306 e. The number of unbranched alkanes of at least 4 members (excludes halogenated alkanes) is 3. The average Bonchev–Trinajstić information content (AvgIpc) is 2.54. The van der Waals surface area contributed by atoms with Gasteiger partial charge in [0.25, 0.3) is 0 Å². The lowest BCUT2D eigenvalue weighted by Crippen LogP contribution is -2.16. The van der Waals surface area contributed by atoms with Crippen LogP contribution in [0.25, 0.3) is 0 Å². The van der Waals surface area contributed by atoms with E-state index in [1.54, 1.807) is 0 Å². The summed E-state index contributed by atoms with van der Waals surface area (Å²) in [5.74, 6) is 5.75. The number of hydrogen-bond donors (Lipinski definition) is 0. The lowest BCUT2D eigenvalue weighted by molar-refractivity contribution is -0.149. The molecule has 0 aromatic carbocycles. The molecule has 0 N–H and O–H groups in total. The summed E-state index contributed by atoms with van der Waals surface area (Å²) in [4.78, 5) is 23.2. The summed E-state index contributed by atoms with van der Waals surface area (Å²) >= 11 is 0. The van der Waals surface area contributed by atoms with Crippen LogP contribution in [0.1, 0.15) is 85.0 Å². The van der Waals surface area contributed by atoms with E-state index in [-0.39, 0.29) is 18.0 Å². The second kappa shape index (κ2) is 15.4. The van der Waals surface area contributed by atoms with E-state index in [4.69, 9.17) is 9.47 Å². The lowest BCUT2D eigenvalue weighted by Gasteiger charge is -2.13. The molecule has 0 aromatic rings. The number of ether oxygens (including phenoxy) is 2. The Hall–Kier alpha value is -1.50. The van der Waals surface area contributed by atoms with E-state index in [0.717, 1.165) is 32.1 Å². The van der Waals surface area contributed by atoms with Gasteiger partial charge in [0.15, 0.2) is 0 Å². The second-order valence-corrected chi connectivity index (χ2v) is 5.61. The minimum Gasteiger partial charge on any atom is -0.466 e. The van der Waals surface area contributed by atoms with Crippen molar-refractivity contribution in [3.8, 4) is 11.8 Å². The van der Waals surface area contributed by atoms with Gasteiger partial charge in [-0.15, -0.1) is 5.92 Å². The normalized spacial score (nSPS) is 11.3. The molecule has 0 fully saturated rings. The molecule has 4 nitrogen and oxygen atoms in total. The lowest BCUT2D eigenvalue weighted by atomic mass is 10.2. The Morgan fingerprint density at radius 2 is 1.61 bits per heavy atom. The van der Waals surface area contributed by atoms with Crippen molar-refractivity contribution >= 4 is 11.9 Å². The molecule has 0 rings (SSSR count). The third-order valence-electron chi connectivity index (χ3n) is 3.36. The molecule has 1 unspecified atom stereocenters. The van der Waals surface area contributed by atoms with Gasteiger partial charge in [0.05, 0.1) is 6.61 Å². The molecule has 4 heteroatoms. The first-order chi connectivity index (χ1) is 11.1. The summed E-state index contributed by atoms with van der Waals surface area (Å²) in [5.41, 5.74) is 0. The van der Waals surface area contributed by atoms with Gasteiger partial charge in [-0.2, -0.15) is 0 Å². The fourth-order valence-corrected chi connectivity index (χ4v) is 1.85. The molecular formula is C19H32O4. The van der Waals surface area contributed by atoms with E-state index in [1.807, 2.05) is 6.92 Å². The number of esters is 2. The van der Waals surface area contributed by atoms with E-state index in [1.165, 1.54) is 0 Å². The summed E-state index contributed by atoms with van der Waals surface area (Å²) in [7, 11) is 0. The molecule has 0 aliphatic heterocycles. The number of rotatable bonds is 12. The van der Waals surface area contributed by atoms with Gasteiger partial charge in [0.2, 0.25) is 0 Å². The number of hydrogen-bond acceptors (Lipinski definition) is 4. The van der Waals surface area contributed by atoms with Gasteiger partial charge in [-0.3, -0.25) is 9.59 Å². The third kappa shape index (κ3) is 13.9. The van der Waals surface area contributed by atoms with E-state index in [9.17, 15) is 9.59 Å². The standard InChI is InChI=1S/C19H32O4/c1-4-7-9-10-13-17(6-3)23-19(21)15-12-11-14-18(20)22-16-8-5-2/h17H,4-8,11-16H2,1-3H3. The predicted octanol–water partition coefficient (Wildman–Crippen LogP) is 4.41. The summed E-state index contributed by atoms with van der Waals surface area (Å²) in [6, 6.07) is 0. The summed E-state index contributed by atoms with van der Waals surface area (Å²) < 4.78 is 10.5. The largest absolute Gasteiger partial charge is 0.466 e. The van der Waals surface area contributed by atoms with Crippen molar-refractivity contribution in [3.05, 3.63) is 0 Å². The van der Waals surface area contributed by atoms with Crippen LogP contribution in [0.3, 0.4) is 0 Å². The predicted molar refractivity (Wildman–Crippen MR) is 91.8 cm³/mol. The summed E-state index contributed by atoms with van der Waals surface area (Å²) in [6.07, 6.45) is 7.14. The first-order valence-corrected chi connectivity index (χ1v) is 8.94. The molecule has 23 heavy (non-hydrogen) atoms. The van der Waals surface area contributed by atoms with Crippen molar-refractivity contribution < 1.29 is 19.1 Å². The zero-order chi connectivity index (χ0) is 17.3. The highest BCUT2D eigenvalue weighted by atomic mass is 16.5. The van der Waals surface area contributed by atoms with Crippen LogP contribution in [0.4, 0.5) is 0 Å². The minimum atomic E-state index is -0.200. The van der Waals surface area contributed by atoms with Crippen molar-refractivity contribution in [2.45, 2.75) is 91.1 Å². The Morgan fingerprint density at radius 3 is 2.22 bits per heavy atom. The van der Waals surface area contributed by atoms with Crippen molar-refractivity contribution in [1.29, 1.82) is 0 Å². The second-order valence-electron chi connectivity index (χ2n) is 5.61. The molecule has 0 amide bonds. The fourth-order valence-electron chi connectivity index (χ4n) is 1.85. The summed E-state index contributed by atoms with van der Waals surface area (Å²) in [5, 5.41) is 0. The van der Waals surface area contributed by atoms with Crippen LogP contribution in [0.15, 0.2) is 0 Å². The molecule has 0 aliphatic rings. The Balaban J connectivity index is 3.76.